The van der Waals surface area contributed by atoms with Gasteiger partial charge in [0.15, 0.2) is 0 Å². The van der Waals surface area contributed by atoms with Crippen LogP contribution in [0.25, 0.3) is 0 Å². The van der Waals surface area contributed by atoms with Crippen molar-refractivity contribution in [3.8, 4) is 0 Å². The number of methoxy groups -OCH3 is 1. The van der Waals surface area contributed by atoms with E-state index in [4.69, 9.17) is 0 Å². The van der Waals surface area contributed by atoms with Crippen molar-refractivity contribution >= 4 is 23.5 Å². The molecule has 2 N–H and O–H groups in total. The third kappa shape index (κ3) is 4.79. The Kier molecular flexibility index (Phi) is 6.31. The third-order valence-corrected chi connectivity index (χ3v) is 4.02. The molecule has 1 aromatic rings. The predicted octanol–water partition coefficient (Wildman–Crippen LogP) is 0.551. The zero-order valence-corrected chi connectivity index (χ0v) is 14.0. The Morgan fingerprint density at radius 3 is 2.67 bits per heavy atom. The van der Waals surface area contributed by atoms with E-state index in [1.165, 1.54) is 12.7 Å². The van der Waals surface area contributed by atoms with Crippen LogP contribution in [0.15, 0.2) is 24.3 Å². The molecule has 0 bridgehead atoms. The van der Waals surface area contributed by atoms with Crippen molar-refractivity contribution in [1.82, 2.24) is 10.2 Å². The quantitative estimate of drug-likeness (QED) is 0.743. The molecule has 130 valence electrons. The largest absolute Gasteiger partial charge is 0.469 e. The molecule has 1 heterocycles. The van der Waals surface area contributed by atoms with Gasteiger partial charge in [-0.2, -0.15) is 0 Å². The van der Waals surface area contributed by atoms with Gasteiger partial charge in [0.05, 0.1) is 20.1 Å². The first-order chi connectivity index (χ1) is 11.5. The van der Waals surface area contributed by atoms with Crippen molar-refractivity contribution in [2.75, 3.05) is 32.1 Å². The van der Waals surface area contributed by atoms with Crippen LogP contribution in [0.3, 0.4) is 0 Å². The highest BCUT2D eigenvalue weighted by Gasteiger charge is 2.32. The zero-order chi connectivity index (χ0) is 17.5. The highest BCUT2D eigenvalue weighted by atomic mass is 16.5. The van der Waals surface area contributed by atoms with E-state index < -0.39 is 12.0 Å². The number of carbonyl (C=O) groups excluding carboxylic acids is 3. The molecule has 0 radical (unpaired) electrons. The number of ether oxygens (including phenoxy) is 1. The molecule has 1 fully saturated rings. The highest BCUT2D eigenvalue weighted by Crippen LogP contribution is 2.12. The van der Waals surface area contributed by atoms with Crippen molar-refractivity contribution in [2.45, 2.75) is 25.8 Å². The van der Waals surface area contributed by atoms with Gasteiger partial charge in [-0.25, -0.2) is 0 Å². The number of amides is 2. The number of rotatable bonds is 6. The predicted molar refractivity (Wildman–Crippen MR) is 89.5 cm³/mol. The summed E-state index contributed by atoms with van der Waals surface area (Å²) in [7, 11) is 1.28. The van der Waals surface area contributed by atoms with Crippen LogP contribution in [-0.2, 0) is 25.5 Å². The fraction of sp³-hybridized carbons (Fsp3) is 0.471. The Morgan fingerprint density at radius 2 is 2.04 bits per heavy atom. The Labute approximate surface area is 141 Å². The molecule has 2 rings (SSSR count). The van der Waals surface area contributed by atoms with Crippen LogP contribution in [0.4, 0.5) is 5.69 Å². The lowest BCUT2D eigenvalue weighted by atomic mass is 10.1. The van der Waals surface area contributed by atoms with E-state index in [1.54, 1.807) is 4.90 Å². The Bertz CT molecular complexity index is 600. The number of aryl methyl sites for hydroxylation is 1. The van der Waals surface area contributed by atoms with E-state index in [1.807, 2.05) is 24.3 Å². The fourth-order valence-corrected chi connectivity index (χ4v) is 2.62. The molecule has 1 aliphatic rings. The van der Waals surface area contributed by atoms with Crippen LogP contribution < -0.4 is 10.6 Å². The molecule has 2 amide bonds. The van der Waals surface area contributed by atoms with E-state index in [0.717, 1.165) is 6.42 Å². The van der Waals surface area contributed by atoms with Gasteiger partial charge in [0.1, 0.15) is 6.04 Å². The summed E-state index contributed by atoms with van der Waals surface area (Å²) < 4.78 is 4.63. The second-order valence-corrected chi connectivity index (χ2v) is 5.66. The van der Waals surface area contributed by atoms with Gasteiger partial charge >= 0.3 is 5.97 Å². The smallest absolute Gasteiger partial charge is 0.307 e. The summed E-state index contributed by atoms with van der Waals surface area (Å²) in [5.74, 6) is -0.951. The number of carbonyl (C=O) groups is 3. The van der Waals surface area contributed by atoms with Crippen molar-refractivity contribution in [2.24, 2.45) is 0 Å². The number of nitrogens with zero attached hydrogens (tertiary/aromatic N) is 1. The molecule has 24 heavy (non-hydrogen) atoms. The molecular weight excluding hydrogens is 310 g/mol. The Hall–Kier alpha value is -2.41. The first-order valence-electron chi connectivity index (χ1n) is 8.01. The summed E-state index contributed by atoms with van der Waals surface area (Å²) >= 11 is 0. The molecule has 1 atom stereocenters. The summed E-state index contributed by atoms with van der Waals surface area (Å²) in [6, 6.07) is 6.95. The van der Waals surface area contributed by atoms with Crippen LogP contribution >= 0.6 is 0 Å². The first kappa shape index (κ1) is 17.9. The van der Waals surface area contributed by atoms with E-state index in [2.05, 4.69) is 22.3 Å². The maximum Gasteiger partial charge on any atom is 0.307 e. The van der Waals surface area contributed by atoms with Crippen LogP contribution in [-0.4, -0.2) is 55.5 Å². The molecular formula is C17H23N3O4. The van der Waals surface area contributed by atoms with E-state index in [-0.39, 0.29) is 24.8 Å². The first-order valence-corrected chi connectivity index (χ1v) is 8.01. The molecule has 0 aliphatic carbocycles. The average molecular weight is 333 g/mol. The Morgan fingerprint density at radius 1 is 1.33 bits per heavy atom. The molecule has 0 saturated carbocycles. The van der Waals surface area contributed by atoms with Crippen LogP contribution in [0.2, 0.25) is 0 Å². The lowest BCUT2D eigenvalue weighted by molar-refractivity contribution is -0.146. The standard InChI is InChI=1S/C17H23N3O4/c1-3-12-4-6-13(7-5-12)19-15(21)11-20-9-8-18-17(23)14(20)10-16(22)24-2/h4-7,14H,3,8-11H2,1-2H3,(H,18,23)(H,19,21)/t14-/m0/s1. The molecule has 1 aliphatic heterocycles. The molecule has 0 unspecified atom stereocenters. The second kappa shape index (κ2) is 8.44. The van der Waals surface area contributed by atoms with Crippen molar-refractivity contribution < 1.29 is 19.1 Å². The molecule has 0 spiro atoms. The van der Waals surface area contributed by atoms with Crippen LogP contribution in [0, 0.1) is 0 Å². The zero-order valence-electron chi connectivity index (χ0n) is 14.0. The van der Waals surface area contributed by atoms with Gasteiger partial charge in [0.2, 0.25) is 11.8 Å². The number of anilines is 1. The monoisotopic (exact) mass is 333 g/mol. The van der Waals surface area contributed by atoms with Gasteiger partial charge in [0, 0.05) is 18.8 Å². The number of hydrogen-bond acceptors (Lipinski definition) is 5. The summed E-state index contributed by atoms with van der Waals surface area (Å²) in [4.78, 5) is 37.4. The average Bonchev–Trinajstić information content (AvgIpc) is 2.58. The number of piperazine rings is 1. The molecule has 7 heteroatoms. The van der Waals surface area contributed by atoms with Crippen molar-refractivity contribution in [3.63, 3.8) is 0 Å². The van der Waals surface area contributed by atoms with Gasteiger partial charge in [-0.05, 0) is 24.1 Å². The van der Waals surface area contributed by atoms with Crippen molar-refractivity contribution in [1.29, 1.82) is 0 Å². The molecule has 7 nitrogen and oxygen atoms in total. The van der Waals surface area contributed by atoms with Gasteiger partial charge in [-0.15, -0.1) is 0 Å². The molecule has 0 aromatic heterocycles. The minimum absolute atomic E-state index is 0.0462. The van der Waals surface area contributed by atoms with E-state index in [0.29, 0.717) is 18.8 Å². The summed E-state index contributed by atoms with van der Waals surface area (Å²) in [6.07, 6.45) is 0.868. The topological polar surface area (TPSA) is 87.7 Å². The minimum Gasteiger partial charge on any atom is -0.469 e. The lowest BCUT2D eigenvalue weighted by Gasteiger charge is -2.33. The van der Waals surface area contributed by atoms with Gasteiger partial charge in [-0.1, -0.05) is 19.1 Å². The minimum atomic E-state index is -0.681. The highest BCUT2D eigenvalue weighted by molar-refractivity contribution is 5.93. The van der Waals surface area contributed by atoms with E-state index in [9.17, 15) is 14.4 Å². The number of hydrogen-bond donors (Lipinski definition) is 2. The number of esters is 1. The Balaban J connectivity index is 1.96. The maximum atomic E-state index is 12.2. The number of nitrogens with one attached hydrogen (secondary N) is 2. The summed E-state index contributed by atoms with van der Waals surface area (Å²) in [5, 5.41) is 5.52. The number of benzene rings is 1. The molecule has 1 saturated heterocycles. The molecule has 1 aromatic carbocycles. The SMILES string of the molecule is CCc1ccc(NC(=O)CN2CCNC(=O)[C@@H]2CC(=O)OC)cc1. The van der Waals surface area contributed by atoms with E-state index >= 15 is 0 Å². The van der Waals surface area contributed by atoms with Crippen molar-refractivity contribution in [3.05, 3.63) is 29.8 Å². The van der Waals surface area contributed by atoms with Crippen LogP contribution in [0.1, 0.15) is 18.9 Å². The fourth-order valence-electron chi connectivity index (χ4n) is 2.62. The maximum absolute atomic E-state index is 12.2. The summed E-state index contributed by atoms with van der Waals surface area (Å²) in [6.45, 7) is 3.08. The lowest BCUT2D eigenvalue weighted by Crippen LogP contribution is -2.57. The summed E-state index contributed by atoms with van der Waals surface area (Å²) in [5.41, 5.74) is 1.90. The second-order valence-electron chi connectivity index (χ2n) is 5.66. The van der Waals surface area contributed by atoms with Gasteiger partial charge in [0.25, 0.3) is 0 Å². The van der Waals surface area contributed by atoms with Gasteiger partial charge in [-0.3, -0.25) is 19.3 Å². The third-order valence-electron chi connectivity index (χ3n) is 4.02. The van der Waals surface area contributed by atoms with Crippen LogP contribution in [0.5, 0.6) is 0 Å². The normalized spacial score (nSPS) is 17.9. The van der Waals surface area contributed by atoms with Gasteiger partial charge < -0.3 is 15.4 Å².